The first-order valence-corrected chi connectivity index (χ1v) is 5.35. The molecule has 0 bridgehead atoms. The first-order chi connectivity index (χ1) is 7.29. The summed E-state index contributed by atoms with van der Waals surface area (Å²) in [6, 6.07) is 1.75. The van der Waals surface area contributed by atoms with E-state index in [1.807, 2.05) is 0 Å². The second kappa shape index (κ2) is 4.57. The van der Waals surface area contributed by atoms with E-state index in [4.69, 9.17) is 11.6 Å². The van der Waals surface area contributed by atoms with Crippen LogP contribution in [0.2, 0.25) is 5.15 Å². The van der Waals surface area contributed by atoms with Gasteiger partial charge in [-0.15, -0.1) is 0 Å². The van der Waals surface area contributed by atoms with Gasteiger partial charge in [-0.05, 0) is 12.8 Å². The number of hydrogen-bond acceptors (Lipinski definition) is 4. The van der Waals surface area contributed by atoms with Crippen molar-refractivity contribution in [3.63, 3.8) is 0 Å². The average Bonchev–Trinajstić information content (AvgIpc) is 2.29. The van der Waals surface area contributed by atoms with Crippen molar-refractivity contribution >= 4 is 23.7 Å². The largest absolute Gasteiger partial charge is 0.356 e. The van der Waals surface area contributed by atoms with Crippen molar-refractivity contribution in [2.24, 2.45) is 5.92 Å². The summed E-state index contributed by atoms with van der Waals surface area (Å²) in [5, 5.41) is 0.456. The van der Waals surface area contributed by atoms with E-state index in [9.17, 15) is 4.79 Å². The lowest BCUT2D eigenvalue weighted by molar-refractivity contribution is -0.111. The number of halogens is 1. The van der Waals surface area contributed by atoms with Crippen LogP contribution in [-0.2, 0) is 4.79 Å². The minimum Gasteiger partial charge on any atom is -0.356 e. The lowest BCUT2D eigenvalue weighted by Crippen LogP contribution is -2.34. The molecule has 0 atom stereocenters. The van der Waals surface area contributed by atoms with Crippen LogP contribution < -0.4 is 4.90 Å². The highest BCUT2D eigenvalue weighted by Gasteiger charge is 2.19. The Morgan fingerprint density at radius 3 is 2.73 bits per heavy atom. The van der Waals surface area contributed by atoms with E-state index < -0.39 is 0 Å². The van der Waals surface area contributed by atoms with Gasteiger partial charge in [0.05, 0.1) is 0 Å². The molecule has 1 aromatic heterocycles. The van der Waals surface area contributed by atoms with Crippen LogP contribution in [0.5, 0.6) is 0 Å². The summed E-state index contributed by atoms with van der Waals surface area (Å²) in [6.45, 7) is 1.72. The zero-order valence-electron chi connectivity index (χ0n) is 8.27. The smallest absolute Gasteiger partial charge is 0.134 e. The van der Waals surface area contributed by atoms with E-state index >= 15 is 0 Å². The molecule has 0 aromatic carbocycles. The Hall–Kier alpha value is -1.16. The van der Waals surface area contributed by atoms with Gasteiger partial charge in [0.1, 0.15) is 23.6 Å². The molecule has 15 heavy (non-hydrogen) atoms. The molecule has 0 aliphatic carbocycles. The van der Waals surface area contributed by atoms with Crippen molar-refractivity contribution in [3.8, 4) is 0 Å². The van der Waals surface area contributed by atoms with E-state index in [1.165, 1.54) is 6.33 Å². The van der Waals surface area contributed by atoms with Crippen LogP contribution in [0.1, 0.15) is 12.8 Å². The molecule has 0 saturated carbocycles. The van der Waals surface area contributed by atoms with Gasteiger partial charge in [0.2, 0.25) is 0 Å². The van der Waals surface area contributed by atoms with Gasteiger partial charge in [-0.2, -0.15) is 0 Å². The van der Waals surface area contributed by atoms with Crippen LogP contribution in [0.15, 0.2) is 12.4 Å². The zero-order valence-corrected chi connectivity index (χ0v) is 9.02. The summed E-state index contributed by atoms with van der Waals surface area (Å²) < 4.78 is 0. The molecule has 1 aliphatic rings. The van der Waals surface area contributed by atoms with Crippen LogP contribution in [-0.4, -0.2) is 29.3 Å². The Kier molecular flexibility index (Phi) is 3.16. The number of carbonyl (C=O) groups is 1. The average molecular weight is 226 g/mol. The fourth-order valence-corrected chi connectivity index (χ4v) is 1.90. The van der Waals surface area contributed by atoms with Gasteiger partial charge < -0.3 is 9.69 Å². The van der Waals surface area contributed by atoms with Gasteiger partial charge in [-0.25, -0.2) is 9.97 Å². The van der Waals surface area contributed by atoms with E-state index in [0.717, 1.165) is 38.0 Å². The molecular formula is C10H12ClN3O. The van der Waals surface area contributed by atoms with Crippen molar-refractivity contribution in [3.05, 3.63) is 17.5 Å². The number of aromatic nitrogens is 2. The van der Waals surface area contributed by atoms with E-state index in [0.29, 0.717) is 5.15 Å². The molecule has 1 aliphatic heterocycles. The molecule has 2 rings (SSSR count). The van der Waals surface area contributed by atoms with Crippen molar-refractivity contribution in [2.45, 2.75) is 12.8 Å². The highest BCUT2D eigenvalue weighted by molar-refractivity contribution is 6.29. The van der Waals surface area contributed by atoms with Crippen LogP contribution >= 0.6 is 11.6 Å². The zero-order chi connectivity index (χ0) is 10.7. The van der Waals surface area contributed by atoms with Crippen molar-refractivity contribution < 1.29 is 4.79 Å². The number of anilines is 1. The number of aldehydes is 1. The molecule has 4 nitrogen and oxygen atoms in total. The first kappa shape index (κ1) is 10.4. The molecule has 0 spiro atoms. The highest BCUT2D eigenvalue weighted by atomic mass is 35.5. The predicted octanol–water partition coefficient (Wildman–Crippen LogP) is 1.55. The van der Waals surface area contributed by atoms with E-state index in [1.54, 1.807) is 6.07 Å². The third-order valence-corrected chi connectivity index (χ3v) is 2.88. The summed E-state index contributed by atoms with van der Waals surface area (Å²) in [7, 11) is 0. The minimum atomic E-state index is 0.207. The van der Waals surface area contributed by atoms with Crippen LogP contribution in [0.4, 0.5) is 5.82 Å². The highest BCUT2D eigenvalue weighted by Crippen LogP contribution is 2.21. The van der Waals surface area contributed by atoms with E-state index in [-0.39, 0.29) is 5.92 Å². The molecule has 0 amide bonds. The lowest BCUT2D eigenvalue weighted by atomic mass is 9.99. The maximum atomic E-state index is 10.6. The van der Waals surface area contributed by atoms with Gasteiger partial charge >= 0.3 is 0 Å². The summed E-state index contributed by atoms with van der Waals surface area (Å²) in [5.74, 6) is 1.05. The molecule has 1 saturated heterocycles. The second-order valence-corrected chi connectivity index (χ2v) is 4.05. The number of hydrogen-bond donors (Lipinski definition) is 0. The van der Waals surface area contributed by atoms with E-state index in [2.05, 4.69) is 14.9 Å². The minimum absolute atomic E-state index is 0.207. The Bertz CT molecular complexity index is 350. The lowest BCUT2D eigenvalue weighted by Gasteiger charge is -2.30. The number of rotatable bonds is 2. The van der Waals surface area contributed by atoms with Crippen LogP contribution in [0, 0.1) is 5.92 Å². The second-order valence-electron chi connectivity index (χ2n) is 3.66. The summed E-state index contributed by atoms with van der Waals surface area (Å²) in [4.78, 5) is 20.7. The van der Waals surface area contributed by atoms with Crippen molar-refractivity contribution in [2.75, 3.05) is 18.0 Å². The maximum Gasteiger partial charge on any atom is 0.134 e. The number of carbonyl (C=O) groups excluding carboxylic acids is 1. The van der Waals surface area contributed by atoms with Gasteiger partial charge in [-0.1, -0.05) is 11.6 Å². The quantitative estimate of drug-likeness (QED) is 0.566. The molecule has 1 fully saturated rings. The topological polar surface area (TPSA) is 46.1 Å². The number of nitrogens with zero attached hydrogens (tertiary/aromatic N) is 3. The Balaban J connectivity index is 2.04. The Morgan fingerprint density at radius 2 is 2.13 bits per heavy atom. The Morgan fingerprint density at radius 1 is 1.40 bits per heavy atom. The summed E-state index contributed by atoms with van der Waals surface area (Å²) >= 11 is 5.79. The van der Waals surface area contributed by atoms with Crippen LogP contribution in [0.25, 0.3) is 0 Å². The molecule has 0 unspecified atom stereocenters. The van der Waals surface area contributed by atoms with Gasteiger partial charge in [0.15, 0.2) is 0 Å². The fourth-order valence-electron chi connectivity index (χ4n) is 1.76. The SMILES string of the molecule is O=CC1CCN(c2cc(Cl)ncn2)CC1. The van der Waals surface area contributed by atoms with Gasteiger partial charge in [0, 0.05) is 25.1 Å². The predicted molar refractivity (Wildman–Crippen MR) is 58.0 cm³/mol. The fraction of sp³-hybridized carbons (Fsp3) is 0.500. The standard InChI is InChI=1S/C10H12ClN3O/c11-9-5-10(13-7-12-9)14-3-1-8(6-15)2-4-14/h5-8H,1-4H2. The molecule has 5 heteroatoms. The third kappa shape index (κ3) is 2.45. The first-order valence-electron chi connectivity index (χ1n) is 4.97. The molecule has 2 heterocycles. The Labute approximate surface area is 93.3 Å². The maximum absolute atomic E-state index is 10.6. The third-order valence-electron chi connectivity index (χ3n) is 2.68. The summed E-state index contributed by atoms with van der Waals surface area (Å²) in [5.41, 5.74) is 0. The van der Waals surface area contributed by atoms with Crippen molar-refractivity contribution in [1.82, 2.24) is 9.97 Å². The molecule has 0 N–H and O–H groups in total. The van der Waals surface area contributed by atoms with Crippen LogP contribution in [0.3, 0.4) is 0 Å². The molecular weight excluding hydrogens is 214 g/mol. The summed E-state index contributed by atoms with van der Waals surface area (Å²) in [6.07, 6.45) is 4.30. The molecule has 1 aromatic rings. The number of piperidine rings is 1. The molecule has 80 valence electrons. The van der Waals surface area contributed by atoms with Gasteiger partial charge in [-0.3, -0.25) is 0 Å². The monoisotopic (exact) mass is 225 g/mol. The van der Waals surface area contributed by atoms with Crippen molar-refractivity contribution in [1.29, 1.82) is 0 Å². The normalized spacial score (nSPS) is 17.8. The molecule has 0 radical (unpaired) electrons. The van der Waals surface area contributed by atoms with Gasteiger partial charge in [0.25, 0.3) is 0 Å².